The lowest BCUT2D eigenvalue weighted by Gasteiger charge is -2.32. The van der Waals surface area contributed by atoms with Gasteiger partial charge in [-0.3, -0.25) is 14.7 Å². The lowest BCUT2D eigenvalue weighted by atomic mass is 9.83. The SMILES string of the molecule is O=C(N[C@H]1CC[C@H](CCN2CCc3[nH]ccc3C2)CC1)c1cccc2ncccc12. The first-order chi connectivity index (χ1) is 14.8. The Labute approximate surface area is 177 Å². The van der Waals surface area contributed by atoms with Crippen molar-refractivity contribution in [2.45, 2.75) is 51.1 Å². The van der Waals surface area contributed by atoms with Gasteiger partial charge in [0.2, 0.25) is 0 Å². The Morgan fingerprint density at radius 1 is 1.13 bits per heavy atom. The molecule has 1 fully saturated rings. The summed E-state index contributed by atoms with van der Waals surface area (Å²) < 4.78 is 0. The van der Waals surface area contributed by atoms with Crippen LogP contribution in [0.5, 0.6) is 0 Å². The Hall–Kier alpha value is -2.66. The summed E-state index contributed by atoms with van der Waals surface area (Å²) in [6, 6.07) is 12.2. The third-order valence-corrected chi connectivity index (χ3v) is 6.93. The van der Waals surface area contributed by atoms with E-state index < -0.39 is 0 Å². The summed E-state index contributed by atoms with van der Waals surface area (Å²) in [5.74, 6) is 0.820. The Kier molecular flexibility index (Phi) is 5.54. The van der Waals surface area contributed by atoms with Crippen LogP contribution in [0, 0.1) is 5.92 Å². The van der Waals surface area contributed by atoms with Crippen molar-refractivity contribution in [3.63, 3.8) is 0 Å². The number of rotatable bonds is 5. The number of nitrogens with zero attached hydrogens (tertiary/aromatic N) is 2. The molecule has 5 nitrogen and oxygen atoms in total. The molecule has 0 bridgehead atoms. The van der Waals surface area contributed by atoms with Gasteiger partial charge in [-0.2, -0.15) is 0 Å². The van der Waals surface area contributed by atoms with Crippen LogP contribution in [0.4, 0.5) is 0 Å². The number of carbonyl (C=O) groups is 1. The van der Waals surface area contributed by atoms with E-state index in [9.17, 15) is 4.79 Å². The van der Waals surface area contributed by atoms with Crippen molar-refractivity contribution in [3.8, 4) is 0 Å². The minimum atomic E-state index is 0.0349. The molecule has 0 saturated heterocycles. The molecule has 0 spiro atoms. The van der Waals surface area contributed by atoms with E-state index >= 15 is 0 Å². The van der Waals surface area contributed by atoms with Crippen LogP contribution in [0.2, 0.25) is 0 Å². The lowest BCUT2D eigenvalue weighted by molar-refractivity contribution is 0.0921. The van der Waals surface area contributed by atoms with Gasteiger partial charge >= 0.3 is 0 Å². The molecule has 2 N–H and O–H groups in total. The summed E-state index contributed by atoms with van der Waals surface area (Å²) in [7, 11) is 0. The van der Waals surface area contributed by atoms with Gasteiger partial charge in [0.05, 0.1) is 5.52 Å². The number of H-pyrrole nitrogens is 1. The highest BCUT2D eigenvalue weighted by Crippen LogP contribution is 2.28. The molecule has 0 unspecified atom stereocenters. The molecule has 5 heteroatoms. The number of aromatic nitrogens is 2. The number of carbonyl (C=O) groups excluding carboxylic acids is 1. The van der Waals surface area contributed by atoms with E-state index in [-0.39, 0.29) is 11.9 Å². The molecule has 2 aromatic heterocycles. The van der Waals surface area contributed by atoms with Gasteiger partial charge in [-0.25, -0.2) is 0 Å². The van der Waals surface area contributed by atoms with Crippen LogP contribution < -0.4 is 5.32 Å². The van der Waals surface area contributed by atoms with Crippen molar-refractivity contribution in [1.82, 2.24) is 20.2 Å². The molecule has 1 aliphatic carbocycles. The maximum atomic E-state index is 12.9. The van der Waals surface area contributed by atoms with Gasteiger partial charge in [-0.15, -0.1) is 0 Å². The minimum absolute atomic E-state index is 0.0349. The minimum Gasteiger partial charge on any atom is -0.365 e. The highest BCUT2D eigenvalue weighted by Gasteiger charge is 2.24. The Bertz CT molecular complexity index is 1010. The van der Waals surface area contributed by atoms with Gasteiger partial charge < -0.3 is 10.3 Å². The predicted octanol–water partition coefficient (Wildman–Crippen LogP) is 4.30. The van der Waals surface area contributed by atoms with E-state index in [2.05, 4.69) is 32.4 Å². The molecule has 3 heterocycles. The summed E-state index contributed by atoms with van der Waals surface area (Å²) in [4.78, 5) is 23.2. The van der Waals surface area contributed by atoms with Gasteiger partial charge in [0.25, 0.3) is 5.91 Å². The second-order valence-electron chi connectivity index (χ2n) is 8.86. The first-order valence-corrected chi connectivity index (χ1v) is 11.3. The fourth-order valence-electron chi connectivity index (χ4n) is 5.12. The highest BCUT2D eigenvalue weighted by atomic mass is 16.1. The molecule has 0 atom stereocenters. The molecule has 5 rings (SSSR count). The molecule has 156 valence electrons. The van der Waals surface area contributed by atoms with Crippen molar-refractivity contribution in [2.75, 3.05) is 13.1 Å². The van der Waals surface area contributed by atoms with E-state index in [0.717, 1.165) is 48.2 Å². The van der Waals surface area contributed by atoms with Crippen LogP contribution in [0.1, 0.15) is 53.7 Å². The molecule has 2 aliphatic rings. The summed E-state index contributed by atoms with van der Waals surface area (Å²) in [5, 5.41) is 4.21. The highest BCUT2D eigenvalue weighted by molar-refractivity contribution is 6.06. The maximum Gasteiger partial charge on any atom is 0.252 e. The van der Waals surface area contributed by atoms with Crippen LogP contribution in [-0.4, -0.2) is 39.9 Å². The third-order valence-electron chi connectivity index (χ3n) is 6.93. The number of pyridine rings is 1. The molecule has 1 amide bonds. The number of amides is 1. The molecule has 1 aliphatic heterocycles. The Balaban J connectivity index is 1.10. The first-order valence-electron chi connectivity index (χ1n) is 11.3. The van der Waals surface area contributed by atoms with Crippen molar-refractivity contribution < 1.29 is 4.79 Å². The zero-order valence-corrected chi connectivity index (χ0v) is 17.4. The van der Waals surface area contributed by atoms with Gasteiger partial charge in [0.1, 0.15) is 0 Å². The summed E-state index contributed by atoms with van der Waals surface area (Å²) in [6.07, 6.45) is 10.9. The molecule has 1 saturated carbocycles. The van der Waals surface area contributed by atoms with Crippen LogP contribution in [0.25, 0.3) is 10.9 Å². The van der Waals surface area contributed by atoms with E-state index in [0.29, 0.717) is 0 Å². The molecular formula is C25H30N4O. The second kappa shape index (κ2) is 8.60. The zero-order chi connectivity index (χ0) is 20.3. The fraction of sp³-hybridized carbons (Fsp3) is 0.440. The van der Waals surface area contributed by atoms with E-state index in [1.54, 1.807) is 6.20 Å². The van der Waals surface area contributed by atoms with Crippen LogP contribution in [0.15, 0.2) is 48.8 Å². The standard InChI is InChI=1S/C25H30N4O/c30-25(22-3-1-5-24-21(22)4-2-13-26-24)28-20-8-6-18(7-9-20)11-15-29-16-12-23-19(17-29)10-14-27-23/h1-5,10,13-14,18,20,27H,6-9,11-12,15-17H2,(H,28,30)/t18-,20-. The number of nitrogens with one attached hydrogen (secondary N) is 2. The predicted molar refractivity (Wildman–Crippen MR) is 119 cm³/mol. The second-order valence-corrected chi connectivity index (χ2v) is 8.86. The van der Waals surface area contributed by atoms with E-state index in [1.165, 1.54) is 43.6 Å². The number of hydrogen-bond acceptors (Lipinski definition) is 3. The van der Waals surface area contributed by atoms with Gasteiger partial charge in [0.15, 0.2) is 0 Å². The van der Waals surface area contributed by atoms with Crippen molar-refractivity contribution in [1.29, 1.82) is 0 Å². The van der Waals surface area contributed by atoms with Crippen molar-refractivity contribution in [3.05, 3.63) is 65.6 Å². The maximum absolute atomic E-state index is 12.9. The van der Waals surface area contributed by atoms with Crippen molar-refractivity contribution >= 4 is 16.8 Å². The van der Waals surface area contributed by atoms with Crippen LogP contribution >= 0.6 is 0 Å². The number of benzene rings is 1. The average Bonchev–Trinajstić information content (AvgIpc) is 3.26. The third kappa shape index (κ3) is 4.12. The Morgan fingerprint density at radius 3 is 2.93 bits per heavy atom. The van der Waals surface area contributed by atoms with Crippen molar-refractivity contribution in [2.24, 2.45) is 5.92 Å². The average molecular weight is 403 g/mol. The van der Waals surface area contributed by atoms with Crippen LogP contribution in [0.3, 0.4) is 0 Å². The monoisotopic (exact) mass is 402 g/mol. The van der Waals surface area contributed by atoms with Gasteiger partial charge in [0, 0.05) is 54.6 Å². The van der Waals surface area contributed by atoms with Gasteiger partial charge in [-0.05, 0) is 74.4 Å². The Morgan fingerprint density at radius 2 is 2.03 bits per heavy atom. The summed E-state index contributed by atoms with van der Waals surface area (Å²) in [5.41, 5.74) is 4.50. The van der Waals surface area contributed by atoms with Gasteiger partial charge in [-0.1, -0.05) is 12.1 Å². The van der Waals surface area contributed by atoms with E-state index in [1.807, 2.05) is 30.3 Å². The summed E-state index contributed by atoms with van der Waals surface area (Å²) in [6.45, 7) is 3.44. The molecule has 0 radical (unpaired) electrons. The number of fused-ring (bicyclic) bond motifs is 2. The molecular weight excluding hydrogens is 372 g/mol. The fourth-order valence-corrected chi connectivity index (χ4v) is 5.12. The smallest absolute Gasteiger partial charge is 0.252 e. The topological polar surface area (TPSA) is 61.0 Å². The number of hydrogen-bond donors (Lipinski definition) is 2. The lowest BCUT2D eigenvalue weighted by Crippen LogP contribution is -2.38. The molecule has 1 aromatic carbocycles. The molecule has 30 heavy (non-hydrogen) atoms. The number of aromatic amines is 1. The van der Waals surface area contributed by atoms with E-state index in [4.69, 9.17) is 0 Å². The summed E-state index contributed by atoms with van der Waals surface area (Å²) >= 11 is 0. The first kappa shape index (κ1) is 19.3. The normalized spacial score (nSPS) is 22.0. The zero-order valence-electron chi connectivity index (χ0n) is 17.4. The van der Waals surface area contributed by atoms with Crippen LogP contribution in [-0.2, 0) is 13.0 Å². The largest absolute Gasteiger partial charge is 0.365 e. The molecule has 3 aromatic rings. The quantitative estimate of drug-likeness (QED) is 0.669.